The van der Waals surface area contributed by atoms with Crippen molar-refractivity contribution in [2.75, 3.05) is 0 Å². The van der Waals surface area contributed by atoms with Crippen LogP contribution in [0.25, 0.3) is 11.1 Å². The molecule has 156 valence electrons. The molecule has 3 rings (SSSR count). The van der Waals surface area contributed by atoms with Crippen molar-refractivity contribution < 1.29 is 32.6 Å². The topological polar surface area (TPSA) is 100 Å². The Hall–Kier alpha value is -3.34. The number of alkyl halides is 3. The third kappa shape index (κ3) is 5.83. The summed E-state index contributed by atoms with van der Waals surface area (Å²) in [6, 6.07) is 12.4. The minimum atomic E-state index is -4.76. The fourth-order valence-corrected chi connectivity index (χ4v) is 3.51. The molecular formula is C19H14F3N3O4S. The monoisotopic (exact) mass is 437 g/mol. The van der Waals surface area contributed by atoms with Crippen molar-refractivity contribution in [2.45, 2.75) is 18.0 Å². The molecular weight excluding hydrogens is 423 g/mol. The average molecular weight is 437 g/mol. The fourth-order valence-electron chi connectivity index (χ4n) is 2.60. The molecule has 0 radical (unpaired) electrons. The molecule has 1 amide bonds. The van der Waals surface area contributed by atoms with Gasteiger partial charge in [-0.15, -0.1) is 18.3 Å². The first kappa shape index (κ1) is 21.4. The maximum Gasteiger partial charge on any atom is 0.573 e. The van der Waals surface area contributed by atoms with Crippen molar-refractivity contribution in [3.63, 3.8) is 0 Å². The number of nitrogens with zero attached hydrogens (tertiary/aromatic N) is 2. The first-order valence-corrected chi connectivity index (χ1v) is 9.35. The van der Waals surface area contributed by atoms with Gasteiger partial charge in [-0.2, -0.15) is 5.10 Å². The lowest BCUT2D eigenvalue weighted by molar-refractivity contribution is -0.274. The van der Waals surface area contributed by atoms with Gasteiger partial charge in [-0.25, -0.2) is 0 Å². The first-order valence-electron chi connectivity index (χ1n) is 8.47. The second-order valence-corrected chi connectivity index (χ2v) is 7.19. The fraction of sp³-hybridized carbons (Fsp3) is 0.158. The summed E-state index contributed by atoms with van der Waals surface area (Å²) in [6.07, 6.45) is -3.65. The Morgan fingerprint density at radius 2 is 1.90 bits per heavy atom. The maximum absolute atomic E-state index is 12.3. The Morgan fingerprint density at radius 3 is 2.57 bits per heavy atom. The number of carbonyl (C=O) groups is 2. The molecule has 0 aromatic heterocycles. The average Bonchev–Trinajstić information content (AvgIpc) is 3.00. The van der Waals surface area contributed by atoms with Gasteiger partial charge in [-0.05, 0) is 23.3 Å². The van der Waals surface area contributed by atoms with Crippen LogP contribution in [0.5, 0.6) is 5.75 Å². The van der Waals surface area contributed by atoms with Gasteiger partial charge in [-0.1, -0.05) is 48.2 Å². The van der Waals surface area contributed by atoms with Crippen LogP contribution >= 0.6 is 11.8 Å². The van der Waals surface area contributed by atoms with Crippen molar-refractivity contribution in [1.29, 1.82) is 0 Å². The van der Waals surface area contributed by atoms with E-state index < -0.39 is 23.5 Å². The lowest BCUT2D eigenvalue weighted by Crippen LogP contribution is -2.26. The molecule has 11 heteroatoms. The molecule has 0 saturated carbocycles. The number of nitrogens with one attached hydrogen (secondary N) is 1. The molecule has 1 saturated heterocycles. The summed E-state index contributed by atoms with van der Waals surface area (Å²) in [5.74, 6) is -1.86. The minimum Gasteiger partial charge on any atom is -0.481 e. The highest BCUT2D eigenvalue weighted by atomic mass is 32.2. The number of ether oxygens (including phenoxy) is 1. The quantitative estimate of drug-likeness (QED) is 0.531. The van der Waals surface area contributed by atoms with Crippen LogP contribution in [0.4, 0.5) is 13.2 Å². The standard InChI is InChI=1S/C19H14F3N3O4S/c20-19(21,22)29-13-7-5-11(6-8-13)14-4-2-1-3-12(14)10-23-25-18-24-17(28)15(30-18)9-16(26)27/h1-8,10,15H,9H2,(H,26,27)(H,24,25,28). The summed E-state index contributed by atoms with van der Waals surface area (Å²) in [4.78, 5) is 22.4. The molecule has 1 unspecified atom stereocenters. The number of amides is 1. The number of halogens is 3. The van der Waals surface area contributed by atoms with E-state index in [0.717, 1.165) is 11.8 Å². The molecule has 1 fully saturated rings. The molecule has 2 aromatic rings. The van der Waals surface area contributed by atoms with Gasteiger partial charge >= 0.3 is 12.3 Å². The number of aliphatic carboxylic acids is 1. The first-order chi connectivity index (χ1) is 14.2. The highest BCUT2D eigenvalue weighted by Gasteiger charge is 2.32. The number of hydrogen-bond acceptors (Lipinski definition) is 6. The number of rotatable bonds is 6. The van der Waals surface area contributed by atoms with E-state index in [1.807, 2.05) is 0 Å². The highest BCUT2D eigenvalue weighted by molar-refractivity contribution is 8.15. The number of amidine groups is 1. The summed E-state index contributed by atoms with van der Waals surface area (Å²) >= 11 is 0.978. The second kappa shape index (κ2) is 8.99. The van der Waals surface area contributed by atoms with Gasteiger partial charge in [-0.3, -0.25) is 9.59 Å². The van der Waals surface area contributed by atoms with Crippen molar-refractivity contribution in [2.24, 2.45) is 10.2 Å². The van der Waals surface area contributed by atoms with Crippen LogP contribution < -0.4 is 10.1 Å². The Labute approximate surface area is 172 Å². The van der Waals surface area contributed by atoms with Gasteiger partial charge in [0, 0.05) is 5.56 Å². The van der Waals surface area contributed by atoms with Gasteiger partial charge in [0.2, 0.25) is 5.91 Å². The van der Waals surface area contributed by atoms with E-state index in [9.17, 15) is 22.8 Å². The summed E-state index contributed by atoms with van der Waals surface area (Å²) in [5, 5.41) is 18.5. The smallest absolute Gasteiger partial charge is 0.481 e. The van der Waals surface area contributed by atoms with Crippen LogP contribution in [-0.2, 0) is 9.59 Å². The molecule has 0 spiro atoms. The van der Waals surface area contributed by atoms with E-state index in [0.29, 0.717) is 16.7 Å². The third-order valence-electron chi connectivity index (χ3n) is 3.84. The number of carboxylic acids is 1. The number of carboxylic acid groups (broad SMARTS) is 1. The minimum absolute atomic E-state index is 0.189. The van der Waals surface area contributed by atoms with Crippen molar-refractivity contribution in [3.05, 3.63) is 54.1 Å². The third-order valence-corrected chi connectivity index (χ3v) is 4.91. The van der Waals surface area contributed by atoms with E-state index in [-0.39, 0.29) is 17.3 Å². The molecule has 1 aliphatic heterocycles. The molecule has 30 heavy (non-hydrogen) atoms. The zero-order chi connectivity index (χ0) is 21.7. The second-order valence-electron chi connectivity index (χ2n) is 6.00. The van der Waals surface area contributed by atoms with Crippen molar-refractivity contribution in [3.8, 4) is 16.9 Å². The SMILES string of the molecule is O=C(O)CC1SC(=NN=Cc2ccccc2-c2ccc(OC(F)(F)F)cc2)NC1=O. The van der Waals surface area contributed by atoms with Crippen LogP contribution in [0.2, 0.25) is 0 Å². The molecule has 2 N–H and O–H groups in total. The van der Waals surface area contributed by atoms with Crippen LogP contribution in [0.3, 0.4) is 0 Å². The van der Waals surface area contributed by atoms with E-state index in [1.54, 1.807) is 24.3 Å². The molecule has 0 bridgehead atoms. The van der Waals surface area contributed by atoms with Crippen LogP contribution in [0.1, 0.15) is 12.0 Å². The number of carbonyl (C=O) groups excluding carboxylic acids is 1. The van der Waals surface area contributed by atoms with Crippen LogP contribution in [0, 0.1) is 0 Å². The molecule has 1 atom stereocenters. The Kier molecular flexibility index (Phi) is 6.40. The normalized spacial score (nSPS) is 18.0. The van der Waals surface area contributed by atoms with Crippen molar-refractivity contribution >= 4 is 35.0 Å². The number of benzene rings is 2. The molecule has 1 aliphatic rings. The van der Waals surface area contributed by atoms with Crippen LogP contribution in [0.15, 0.2) is 58.7 Å². The largest absolute Gasteiger partial charge is 0.573 e. The zero-order valence-electron chi connectivity index (χ0n) is 15.1. The summed E-state index contributed by atoms with van der Waals surface area (Å²) < 4.78 is 40.8. The Balaban J connectivity index is 1.74. The van der Waals surface area contributed by atoms with E-state index in [1.165, 1.54) is 30.5 Å². The zero-order valence-corrected chi connectivity index (χ0v) is 15.9. The summed E-state index contributed by atoms with van der Waals surface area (Å²) in [7, 11) is 0. The van der Waals surface area contributed by atoms with E-state index >= 15 is 0 Å². The lowest BCUT2D eigenvalue weighted by atomic mass is 10.0. The molecule has 1 heterocycles. The molecule has 0 aliphatic carbocycles. The van der Waals surface area contributed by atoms with Gasteiger partial charge in [0.1, 0.15) is 11.0 Å². The van der Waals surface area contributed by atoms with Crippen LogP contribution in [-0.4, -0.2) is 40.0 Å². The Morgan fingerprint density at radius 1 is 1.20 bits per heavy atom. The van der Waals surface area contributed by atoms with Gasteiger partial charge in [0.25, 0.3) is 0 Å². The highest BCUT2D eigenvalue weighted by Crippen LogP contribution is 2.28. The van der Waals surface area contributed by atoms with Gasteiger partial charge in [0.15, 0.2) is 5.17 Å². The Bertz CT molecular complexity index is 1010. The number of thioether (sulfide) groups is 1. The lowest BCUT2D eigenvalue weighted by Gasteiger charge is -2.10. The van der Waals surface area contributed by atoms with Crippen molar-refractivity contribution in [1.82, 2.24) is 5.32 Å². The van der Waals surface area contributed by atoms with E-state index in [4.69, 9.17) is 5.11 Å². The van der Waals surface area contributed by atoms with Gasteiger partial charge in [0.05, 0.1) is 12.6 Å². The summed E-state index contributed by atoms with van der Waals surface area (Å²) in [6.45, 7) is 0. The van der Waals surface area contributed by atoms with Gasteiger partial charge < -0.3 is 15.2 Å². The summed E-state index contributed by atoms with van der Waals surface area (Å²) in [5.41, 5.74) is 1.99. The maximum atomic E-state index is 12.3. The predicted molar refractivity (Wildman–Crippen MR) is 105 cm³/mol. The van der Waals surface area contributed by atoms with E-state index in [2.05, 4.69) is 20.3 Å². The molecule has 2 aromatic carbocycles. The predicted octanol–water partition coefficient (Wildman–Crippen LogP) is 3.65. The number of hydrogen-bond donors (Lipinski definition) is 2. The molecule has 7 nitrogen and oxygen atoms in total.